The number of nitrogens with zero attached hydrogens (tertiary/aromatic N) is 2. The summed E-state index contributed by atoms with van der Waals surface area (Å²) in [6.45, 7) is 1.88. The summed E-state index contributed by atoms with van der Waals surface area (Å²) in [6.07, 6.45) is 5.13. The highest BCUT2D eigenvalue weighted by Crippen LogP contribution is 2.43. The van der Waals surface area contributed by atoms with E-state index in [1.807, 2.05) is 26.0 Å². The second kappa shape index (κ2) is 8.13. The molecule has 0 aliphatic heterocycles. The molecule has 1 fully saturated rings. The SMILES string of the molecule is CN=C(NCC1(CCOC)CCC1)N(C)C.I. The van der Waals surface area contributed by atoms with E-state index in [2.05, 4.69) is 10.3 Å². The van der Waals surface area contributed by atoms with Crippen LogP contribution in [0.4, 0.5) is 0 Å². The second-order valence-corrected chi connectivity index (χ2v) is 4.89. The molecule has 102 valence electrons. The maximum absolute atomic E-state index is 5.19. The number of halogens is 1. The lowest BCUT2D eigenvalue weighted by atomic mass is 9.67. The zero-order chi connectivity index (χ0) is 12.0. The lowest BCUT2D eigenvalue weighted by Gasteiger charge is -2.42. The summed E-state index contributed by atoms with van der Waals surface area (Å²) < 4.78 is 5.19. The molecule has 1 saturated carbocycles. The van der Waals surface area contributed by atoms with Crippen molar-refractivity contribution in [1.82, 2.24) is 10.2 Å². The van der Waals surface area contributed by atoms with E-state index in [9.17, 15) is 0 Å². The predicted molar refractivity (Wildman–Crippen MR) is 83.2 cm³/mol. The van der Waals surface area contributed by atoms with Crippen molar-refractivity contribution in [3.8, 4) is 0 Å². The lowest BCUT2D eigenvalue weighted by Crippen LogP contribution is -2.46. The molecule has 0 amide bonds. The minimum absolute atomic E-state index is 0. The molecule has 1 N–H and O–H groups in total. The number of rotatable bonds is 5. The van der Waals surface area contributed by atoms with Crippen molar-refractivity contribution < 1.29 is 4.74 Å². The van der Waals surface area contributed by atoms with Crippen LogP contribution in [0.1, 0.15) is 25.7 Å². The van der Waals surface area contributed by atoms with E-state index in [-0.39, 0.29) is 24.0 Å². The van der Waals surface area contributed by atoms with Crippen LogP contribution in [-0.4, -0.2) is 52.3 Å². The number of guanidine groups is 1. The molecule has 0 bridgehead atoms. The zero-order valence-corrected chi connectivity index (χ0v) is 13.8. The van der Waals surface area contributed by atoms with Crippen molar-refractivity contribution in [2.45, 2.75) is 25.7 Å². The molecule has 0 aromatic carbocycles. The van der Waals surface area contributed by atoms with E-state index in [4.69, 9.17) is 4.74 Å². The highest BCUT2D eigenvalue weighted by atomic mass is 127. The molecule has 17 heavy (non-hydrogen) atoms. The van der Waals surface area contributed by atoms with Gasteiger partial charge in [0.25, 0.3) is 0 Å². The quantitative estimate of drug-likeness (QED) is 0.465. The molecule has 0 aromatic rings. The van der Waals surface area contributed by atoms with Gasteiger partial charge in [-0.25, -0.2) is 0 Å². The molecule has 0 radical (unpaired) electrons. The van der Waals surface area contributed by atoms with Gasteiger partial charge in [-0.15, -0.1) is 24.0 Å². The van der Waals surface area contributed by atoms with Crippen LogP contribution >= 0.6 is 24.0 Å². The van der Waals surface area contributed by atoms with E-state index in [0.29, 0.717) is 5.41 Å². The first-order chi connectivity index (χ1) is 7.63. The summed E-state index contributed by atoms with van der Waals surface area (Å²) in [5.74, 6) is 0.962. The van der Waals surface area contributed by atoms with Crippen LogP contribution in [-0.2, 0) is 4.74 Å². The van der Waals surface area contributed by atoms with Gasteiger partial charge in [0.15, 0.2) is 5.96 Å². The molecule has 0 spiro atoms. The van der Waals surface area contributed by atoms with E-state index >= 15 is 0 Å². The van der Waals surface area contributed by atoms with Crippen LogP contribution < -0.4 is 5.32 Å². The smallest absolute Gasteiger partial charge is 0.193 e. The Balaban J connectivity index is 0.00000256. The molecule has 1 aliphatic carbocycles. The third-order valence-electron chi connectivity index (χ3n) is 3.51. The van der Waals surface area contributed by atoms with Gasteiger partial charge in [-0.3, -0.25) is 4.99 Å². The molecule has 0 unspecified atom stereocenters. The first-order valence-electron chi connectivity index (χ1n) is 6.00. The van der Waals surface area contributed by atoms with Crippen molar-refractivity contribution in [2.24, 2.45) is 10.4 Å². The Labute approximate surface area is 122 Å². The van der Waals surface area contributed by atoms with E-state index in [1.165, 1.54) is 19.3 Å². The number of hydrogen-bond acceptors (Lipinski definition) is 2. The fourth-order valence-electron chi connectivity index (χ4n) is 2.21. The number of hydrogen-bond donors (Lipinski definition) is 1. The summed E-state index contributed by atoms with van der Waals surface area (Å²) in [7, 11) is 7.62. The van der Waals surface area contributed by atoms with Crippen LogP contribution in [0.15, 0.2) is 4.99 Å². The van der Waals surface area contributed by atoms with Gasteiger partial charge in [0.05, 0.1) is 0 Å². The number of ether oxygens (including phenoxy) is 1. The Morgan fingerprint density at radius 2 is 2.06 bits per heavy atom. The molecule has 0 heterocycles. The summed E-state index contributed by atoms with van der Waals surface area (Å²) in [4.78, 5) is 6.25. The molecular formula is C12H26IN3O. The van der Waals surface area contributed by atoms with Crippen LogP contribution in [0.3, 0.4) is 0 Å². The largest absolute Gasteiger partial charge is 0.385 e. The predicted octanol–water partition coefficient (Wildman–Crippen LogP) is 1.95. The normalized spacial score (nSPS) is 18.0. The fraction of sp³-hybridized carbons (Fsp3) is 0.917. The summed E-state index contributed by atoms with van der Waals surface area (Å²) in [5.41, 5.74) is 0.446. The van der Waals surface area contributed by atoms with Crippen molar-refractivity contribution in [3.63, 3.8) is 0 Å². The minimum Gasteiger partial charge on any atom is -0.385 e. The number of nitrogens with one attached hydrogen (secondary N) is 1. The Hall–Kier alpha value is -0.0400. The average Bonchev–Trinajstić information content (AvgIpc) is 2.20. The second-order valence-electron chi connectivity index (χ2n) is 4.89. The summed E-state index contributed by atoms with van der Waals surface area (Å²) in [5, 5.41) is 3.44. The standard InChI is InChI=1S/C12H25N3O.HI/c1-13-11(15(2)3)14-10-12(6-5-7-12)8-9-16-4;/h5-10H2,1-4H3,(H,13,14);1H. The lowest BCUT2D eigenvalue weighted by molar-refractivity contribution is 0.0729. The van der Waals surface area contributed by atoms with Gasteiger partial charge in [0.2, 0.25) is 0 Å². The molecule has 4 nitrogen and oxygen atoms in total. The third kappa shape index (κ3) is 4.99. The Kier molecular flexibility index (Phi) is 8.11. The van der Waals surface area contributed by atoms with E-state index < -0.39 is 0 Å². The van der Waals surface area contributed by atoms with E-state index in [1.54, 1.807) is 7.11 Å². The minimum atomic E-state index is 0. The summed E-state index contributed by atoms with van der Waals surface area (Å²) in [6, 6.07) is 0. The van der Waals surface area contributed by atoms with Crippen LogP contribution in [0, 0.1) is 5.41 Å². The summed E-state index contributed by atoms with van der Waals surface area (Å²) >= 11 is 0. The Morgan fingerprint density at radius 1 is 1.41 bits per heavy atom. The van der Waals surface area contributed by atoms with E-state index in [0.717, 1.165) is 25.5 Å². The van der Waals surface area contributed by atoms with Gasteiger partial charge in [0, 0.05) is 41.4 Å². The van der Waals surface area contributed by atoms with Crippen LogP contribution in [0.25, 0.3) is 0 Å². The Bertz CT molecular complexity index is 240. The van der Waals surface area contributed by atoms with Gasteiger partial charge in [-0.05, 0) is 24.7 Å². The first kappa shape index (κ1) is 17.0. The molecule has 0 aromatic heterocycles. The topological polar surface area (TPSA) is 36.9 Å². The Morgan fingerprint density at radius 3 is 2.41 bits per heavy atom. The maximum atomic E-state index is 5.19. The third-order valence-corrected chi connectivity index (χ3v) is 3.51. The van der Waals surface area contributed by atoms with Gasteiger partial charge in [-0.2, -0.15) is 0 Å². The monoisotopic (exact) mass is 355 g/mol. The molecule has 1 rings (SSSR count). The first-order valence-corrected chi connectivity index (χ1v) is 6.00. The van der Waals surface area contributed by atoms with Gasteiger partial charge >= 0.3 is 0 Å². The average molecular weight is 355 g/mol. The maximum Gasteiger partial charge on any atom is 0.193 e. The number of methoxy groups -OCH3 is 1. The fourth-order valence-corrected chi connectivity index (χ4v) is 2.21. The zero-order valence-electron chi connectivity index (χ0n) is 11.5. The van der Waals surface area contributed by atoms with Gasteiger partial charge in [-0.1, -0.05) is 6.42 Å². The molecule has 1 aliphatic rings. The molecular weight excluding hydrogens is 329 g/mol. The highest BCUT2D eigenvalue weighted by molar-refractivity contribution is 14.0. The van der Waals surface area contributed by atoms with Crippen LogP contribution in [0.2, 0.25) is 0 Å². The van der Waals surface area contributed by atoms with Crippen molar-refractivity contribution in [2.75, 3.05) is 41.4 Å². The van der Waals surface area contributed by atoms with Crippen molar-refractivity contribution in [3.05, 3.63) is 0 Å². The van der Waals surface area contributed by atoms with Crippen molar-refractivity contribution in [1.29, 1.82) is 0 Å². The molecule has 5 heteroatoms. The molecule has 0 saturated heterocycles. The number of aliphatic imine (C=N–C) groups is 1. The highest BCUT2D eigenvalue weighted by Gasteiger charge is 2.36. The molecule has 0 atom stereocenters. The van der Waals surface area contributed by atoms with Gasteiger partial charge in [0.1, 0.15) is 0 Å². The van der Waals surface area contributed by atoms with Crippen molar-refractivity contribution >= 4 is 29.9 Å². The van der Waals surface area contributed by atoms with Gasteiger partial charge < -0.3 is 15.0 Å². The van der Waals surface area contributed by atoms with Crippen LogP contribution in [0.5, 0.6) is 0 Å².